The molecule has 3 heteroatoms. The third kappa shape index (κ3) is 1.65. The number of fused-ring (bicyclic) bond motifs is 1. The summed E-state index contributed by atoms with van der Waals surface area (Å²) in [5.41, 5.74) is 8.95. The van der Waals surface area contributed by atoms with E-state index < -0.39 is 6.10 Å². The molecule has 0 saturated heterocycles. The lowest BCUT2D eigenvalue weighted by Crippen LogP contribution is -2.24. The summed E-state index contributed by atoms with van der Waals surface area (Å²) in [7, 11) is 0. The van der Waals surface area contributed by atoms with Gasteiger partial charge in [0.25, 0.3) is 0 Å². The Morgan fingerprint density at radius 1 is 1.50 bits per heavy atom. The number of pyridine rings is 1. The second-order valence-electron chi connectivity index (χ2n) is 4.03. The van der Waals surface area contributed by atoms with Crippen molar-refractivity contribution in [3.05, 3.63) is 29.1 Å². The van der Waals surface area contributed by atoms with Gasteiger partial charge >= 0.3 is 0 Å². The number of nitrogens with zero attached hydrogens (tertiary/aromatic N) is 1. The van der Waals surface area contributed by atoms with Crippen molar-refractivity contribution in [2.75, 3.05) is 0 Å². The van der Waals surface area contributed by atoms with E-state index in [0.29, 0.717) is 0 Å². The van der Waals surface area contributed by atoms with Crippen LogP contribution in [0.4, 0.5) is 0 Å². The predicted molar refractivity (Wildman–Crippen MR) is 54.9 cm³/mol. The fourth-order valence-corrected chi connectivity index (χ4v) is 1.91. The highest BCUT2D eigenvalue weighted by molar-refractivity contribution is 5.30. The van der Waals surface area contributed by atoms with Gasteiger partial charge in [-0.05, 0) is 37.8 Å². The molecule has 76 valence electrons. The molecule has 0 fully saturated rings. The maximum atomic E-state index is 9.76. The highest BCUT2D eigenvalue weighted by atomic mass is 16.3. The van der Waals surface area contributed by atoms with E-state index in [0.717, 1.165) is 18.4 Å². The summed E-state index contributed by atoms with van der Waals surface area (Å²) in [6.07, 6.45) is 4.50. The zero-order valence-corrected chi connectivity index (χ0v) is 8.40. The van der Waals surface area contributed by atoms with Crippen LogP contribution in [-0.2, 0) is 12.8 Å². The van der Waals surface area contributed by atoms with Gasteiger partial charge in [0.2, 0.25) is 0 Å². The molecule has 1 heterocycles. The molecule has 0 amide bonds. The molecule has 1 aromatic heterocycles. The van der Waals surface area contributed by atoms with Crippen molar-refractivity contribution >= 4 is 0 Å². The summed E-state index contributed by atoms with van der Waals surface area (Å²) < 4.78 is 0. The van der Waals surface area contributed by atoms with Crippen molar-refractivity contribution in [2.45, 2.75) is 38.3 Å². The van der Waals surface area contributed by atoms with Crippen LogP contribution in [0, 0.1) is 0 Å². The maximum absolute atomic E-state index is 9.76. The summed E-state index contributed by atoms with van der Waals surface area (Å²) in [4.78, 5) is 4.35. The van der Waals surface area contributed by atoms with E-state index in [1.807, 2.05) is 6.07 Å². The number of nitrogens with two attached hydrogens (primary N) is 1. The molecule has 1 aromatic rings. The van der Waals surface area contributed by atoms with Gasteiger partial charge < -0.3 is 10.8 Å². The van der Waals surface area contributed by atoms with Crippen LogP contribution < -0.4 is 5.73 Å². The number of aliphatic hydroxyl groups is 1. The first-order valence-corrected chi connectivity index (χ1v) is 5.10. The van der Waals surface area contributed by atoms with Gasteiger partial charge in [0.05, 0.1) is 6.10 Å². The van der Waals surface area contributed by atoms with E-state index in [1.54, 1.807) is 13.1 Å². The van der Waals surface area contributed by atoms with Crippen LogP contribution in [-0.4, -0.2) is 16.1 Å². The summed E-state index contributed by atoms with van der Waals surface area (Å²) in [6, 6.07) is 1.81. The Bertz CT molecular complexity index is 336. The zero-order valence-electron chi connectivity index (χ0n) is 8.40. The smallest absolute Gasteiger partial charge is 0.0953 e. The third-order valence-electron chi connectivity index (χ3n) is 2.78. The molecule has 2 rings (SSSR count). The Hall–Kier alpha value is -0.930. The number of aryl methyl sites for hydroxylation is 2. The normalized spacial score (nSPS) is 19.1. The van der Waals surface area contributed by atoms with Gasteiger partial charge in [0.1, 0.15) is 0 Å². The molecule has 0 spiro atoms. The lowest BCUT2D eigenvalue weighted by molar-refractivity contribution is 0.153. The number of hydrogen-bond donors (Lipinski definition) is 2. The molecular formula is C11H16N2O. The van der Waals surface area contributed by atoms with E-state index in [-0.39, 0.29) is 6.04 Å². The van der Waals surface area contributed by atoms with Crippen molar-refractivity contribution in [1.29, 1.82) is 0 Å². The molecule has 0 bridgehead atoms. The number of rotatable bonds is 2. The molecule has 0 aromatic carbocycles. The number of hydrogen-bond acceptors (Lipinski definition) is 3. The van der Waals surface area contributed by atoms with Gasteiger partial charge in [0, 0.05) is 23.5 Å². The summed E-state index contributed by atoms with van der Waals surface area (Å²) >= 11 is 0. The van der Waals surface area contributed by atoms with Crippen molar-refractivity contribution in [3.63, 3.8) is 0 Å². The minimum atomic E-state index is -0.589. The summed E-state index contributed by atoms with van der Waals surface area (Å²) in [5, 5.41) is 9.76. The summed E-state index contributed by atoms with van der Waals surface area (Å²) in [5.74, 6) is 0. The van der Waals surface area contributed by atoms with Crippen LogP contribution in [0.3, 0.4) is 0 Å². The Morgan fingerprint density at radius 3 is 3.00 bits per heavy atom. The molecule has 2 atom stereocenters. The first kappa shape index (κ1) is 9.62. The highest BCUT2D eigenvalue weighted by Crippen LogP contribution is 2.23. The quantitative estimate of drug-likeness (QED) is 0.733. The van der Waals surface area contributed by atoms with E-state index >= 15 is 0 Å². The van der Waals surface area contributed by atoms with Crippen LogP contribution in [0.5, 0.6) is 0 Å². The molecular weight excluding hydrogens is 176 g/mol. The SMILES string of the molecule is CC(N)C(O)c1cnc2c(c1)CCC2. The average molecular weight is 192 g/mol. The van der Waals surface area contributed by atoms with Crippen LogP contribution in [0.15, 0.2) is 12.3 Å². The summed E-state index contributed by atoms with van der Waals surface area (Å²) in [6.45, 7) is 1.80. The largest absolute Gasteiger partial charge is 0.387 e. The topological polar surface area (TPSA) is 59.1 Å². The molecule has 2 unspecified atom stereocenters. The highest BCUT2D eigenvalue weighted by Gasteiger charge is 2.17. The first-order chi connectivity index (χ1) is 6.68. The van der Waals surface area contributed by atoms with E-state index in [2.05, 4.69) is 4.98 Å². The van der Waals surface area contributed by atoms with Crippen molar-refractivity contribution in [3.8, 4) is 0 Å². The van der Waals surface area contributed by atoms with Crippen molar-refractivity contribution in [1.82, 2.24) is 4.98 Å². The van der Waals surface area contributed by atoms with E-state index in [9.17, 15) is 5.11 Å². The second-order valence-corrected chi connectivity index (χ2v) is 4.03. The Labute approximate surface area is 84.0 Å². The first-order valence-electron chi connectivity index (χ1n) is 5.10. The standard InChI is InChI=1S/C11H16N2O/c1-7(12)11(14)9-5-8-3-2-4-10(8)13-6-9/h5-7,11,14H,2-4,12H2,1H3. The van der Waals surface area contributed by atoms with E-state index in [4.69, 9.17) is 5.73 Å². The van der Waals surface area contributed by atoms with Gasteiger partial charge in [-0.1, -0.05) is 0 Å². The fourth-order valence-electron chi connectivity index (χ4n) is 1.91. The second kappa shape index (κ2) is 3.67. The van der Waals surface area contributed by atoms with Gasteiger partial charge in [-0.2, -0.15) is 0 Å². The van der Waals surface area contributed by atoms with Gasteiger partial charge in [-0.25, -0.2) is 0 Å². The van der Waals surface area contributed by atoms with Crippen LogP contribution in [0.2, 0.25) is 0 Å². The minimum absolute atomic E-state index is 0.240. The predicted octanol–water partition coefficient (Wildman–Crippen LogP) is 0.951. The molecule has 0 radical (unpaired) electrons. The molecule has 14 heavy (non-hydrogen) atoms. The number of aromatic nitrogens is 1. The lowest BCUT2D eigenvalue weighted by Gasteiger charge is -2.15. The number of aliphatic hydroxyl groups excluding tert-OH is 1. The fraction of sp³-hybridized carbons (Fsp3) is 0.545. The van der Waals surface area contributed by atoms with Crippen LogP contribution in [0.25, 0.3) is 0 Å². The van der Waals surface area contributed by atoms with Gasteiger partial charge in [-0.15, -0.1) is 0 Å². The Balaban J connectivity index is 2.28. The van der Waals surface area contributed by atoms with Gasteiger partial charge in [0.15, 0.2) is 0 Å². The van der Waals surface area contributed by atoms with Crippen LogP contribution >= 0.6 is 0 Å². The Kier molecular flexibility index (Phi) is 2.52. The molecule has 1 aliphatic carbocycles. The molecule has 1 aliphatic rings. The molecule has 3 N–H and O–H groups in total. The van der Waals surface area contributed by atoms with Crippen LogP contribution in [0.1, 0.15) is 36.3 Å². The Morgan fingerprint density at radius 2 is 2.29 bits per heavy atom. The molecule has 0 aliphatic heterocycles. The van der Waals surface area contributed by atoms with Gasteiger partial charge in [-0.3, -0.25) is 4.98 Å². The average Bonchev–Trinajstić information content (AvgIpc) is 2.62. The minimum Gasteiger partial charge on any atom is -0.387 e. The lowest BCUT2D eigenvalue weighted by atomic mass is 10.0. The monoisotopic (exact) mass is 192 g/mol. The maximum Gasteiger partial charge on any atom is 0.0953 e. The van der Waals surface area contributed by atoms with E-state index in [1.165, 1.54) is 17.7 Å². The molecule has 0 saturated carbocycles. The molecule has 3 nitrogen and oxygen atoms in total. The third-order valence-corrected chi connectivity index (χ3v) is 2.78. The van der Waals surface area contributed by atoms with Crippen molar-refractivity contribution in [2.24, 2.45) is 5.73 Å². The van der Waals surface area contributed by atoms with Crippen molar-refractivity contribution < 1.29 is 5.11 Å². The zero-order chi connectivity index (χ0) is 10.1.